The molecule has 0 saturated heterocycles. The summed E-state index contributed by atoms with van der Waals surface area (Å²) in [7, 11) is 1.73. The average molecular weight is 257 g/mol. The number of nitrogen functional groups attached to an aromatic ring is 1. The van der Waals surface area contributed by atoms with Gasteiger partial charge in [-0.2, -0.15) is 0 Å². The molecule has 0 bridgehead atoms. The Kier molecular flexibility index (Phi) is 5.25. The van der Waals surface area contributed by atoms with E-state index in [0.717, 1.165) is 0 Å². The summed E-state index contributed by atoms with van der Waals surface area (Å²) in [6, 6.07) is 4.88. The molecule has 17 heavy (non-hydrogen) atoms. The van der Waals surface area contributed by atoms with Crippen molar-refractivity contribution in [1.29, 1.82) is 0 Å². The fraction of sp³-hybridized carbons (Fsp3) is 0.417. The summed E-state index contributed by atoms with van der Waals surface area (Å²) in [5.41, 5.74) is 6.60. The molecular formula is C12H17ClN2O2. The molecule has 1 aromatic rings. The minimum Gasteiger partial charge on any atom is -0.398 e. The Morgan fingerprint density at radius 1 is 1.53 bits per heavy atom. The molecule has 0 saturated carbocycles. The van der Waals surface area contributed by atoms with E-state index < -0.39 is 0 Å². The number of rotatable bonds is 5. The van der Waals surface area contributed by atoms with Crippen LogP contribution in [0, 0.1) is 0 Å². The Bertz CT molecular complexity index is 396. The lowest BCUT2D eigenvalue weighted by Crippen LogP contribution is -2.30. The smallest absolute Gasteiger partial charge is 0.253 e. The largest absolute Gasteiger partial charge is 0.398 e. The minimum atomic E-state index is -0.0898. The molecule has 2 N–H and O–H groups in total. The average Bonchev–Trinajstić information content (AvgIpc) is 2.32. The molecule has 0 aliphatic rings. The van der Waals surface area contributed by atoms with Gasteiger partial charge in [0.1, 0.15) is 0 Å². The Hall–Kier alpha value is -1.26. The molecule has 0 unspecified atom stereocenters. The molecule has 0 heterocycles. The Morgan fingerprint density at radius 2 is 2.24 bits per heavy atom. The van der Waals surface area contributed by atoms with E-state index >= 15 is 0 Å². The molecule has 1 rings (SSSR count). The lowest BCUT2D eigenvalue weighted by molar-refractivity contribution is 0.0710. The van der Waals surface area contributed by atoms with Crippen molar-refractivity contribution in [2.45, 2.75) is 6.92 Å². The Labute approximate surface area is 106 Å². The maximum atomic E-state index is 12.0. The topological polar surface area (TPSA) is 55.6 Å². The first kappa shape index (κ1) is 13.8. The molecule has 1 aromatic carbocycles. The van der Waals surface area contributed by atoms with Crippen LogP contribution in [0.4, 0.5) is 5.69 Å². The van der Waals surface area contributed by atoms with Crippen LogP contribution in [0.2, 0.25) is 5.02 Å². The number of benzene rings is 1. The fourth-order valence-corrected chi connectivity index (χ4v) is 1.46. The second kappa shape index (κ2) is 6.47. The van der Waals surface area contributed by atoms with Crippen molar-refractivity contribution in [1.82, 2.24) is 4.90 Å². The van der Waals surface area contributed by atoms with Gasteiger partial charge >= 0.3 is 0 Å². The van der Waals surface area contributed by atoms with E-state index in [1.54, 1.807) is 30.1 Å². The van der Waals surface area contributed by atoms with E-state index in [1.807, 2.05) is 6.92 Å². The summed E-state index contributed by atoms with van der Waals surface area (Å²) >= 11 is 5.80. The number of carbonyl (C=O) groups excluding carboxylic acids is 1. The molecule has 94 valence electrons. The summed E-state index contributed by atoms with van der Waals surface area (Å²) in [5, 5.41) is 0.457. The van der Waals surface area contributed by atoms with E-state index in [-0.39, 0.29) is 5.91 Å². The summed E-state index contributed by atoms with van der Waals surface area (Å²) < 4.78 is 5.19. The first-order valence-electron chi connectivity index (χ1n) is 5.44. The van der Waals surface area contributed by atoms with Crippen LogP contribution in [0.15, 0.2) is 18.2 Å². The second-order valence-electron chi connectivity index (χ2n) is 3.66. The van der Waals surface area contributed by atoms with Crippen LogP contribution >= 0.6 is 11.6 Å². The van der Waals surface area contributed by atoms with Crippen molar-refractivity contribution in [3.05, 3.63) is 28.8 Å². The van der Waals surface area contributed by atoms with Crippen LogP contribution in [-0.4, -0.2) is 37.6 Å². The third-order valence-electron chi connectivity index (χ3n) is 2.36. The molecule has 0 aliphatic heterocycles. The summed E-state index contributed by atoms with van der Waals surface area (Å²) in [6.45, 7) is 3.65. The standard InChI is InChI=1S/C12H17ClN2O2/c1-3-17-7-6-15(2)12(16)9-4-5-10(13)11(14)8-9/h4-5,8H,3,6-7,14H2,1-2H3. The quantitative estimate of drug-likeness (QED) is 0.648. The number of nitrogens with two attached hydrogens (primary N) is 1. The van der Waals surface area contributed by atoms with Crippen LogP contribution in [0.5, 0.6) is 0 Å². The van der Waals surface area contributed by atoms with Gasteiger partial charge in [0.05, 0.1) is 17.3 Å². The van der Waals surface area contributed by atoms with Gasteiger partial charge in [0, 0.05) is 25.8 Å². The summed E-state index contributed by atoms with van der Waals surface area (Å²) in [6.07, 6.45) is 0. The van der Waals surface area contributed by atoms with E-state index in [9.17, 15) is 4.79 Å². The SMILES string of the molecule is CCOCCN(C)C(=O)c1ccc(Cl)c(N)c1. The van der Waals surface area contributed by atoms with Crippen LogP contribution in [0.25, 0.3) is 0 Å². The lowest BCUT2D eigenvalue weighted by Gasteiger charge is -2.17. The van der Waals surface area contributed by atoms with Gasteiger partial charge in [0.25, 0.3) is 5.91 Å². The third-order valence-corrected chi connectivity index (χ3v) is 2.71. The van der Waals surface area contributed by atoms with Crippen molar-refractivity contribution in [2.24, 2.45) is 0 Å². The zero-order valence-corrected chi connectivity index (χ0v) is 10.8. The van der Waals surface area contributed by atoms with E-state index in [0.29, 0.717) is 36.0 Å². The van der Waals surface area contributed by atoms with Gasteiger partial charge in [-0.25, -0.2) is 0 Å². The van der Waals surface area contributed by atoms with Gasteiger partial charge in [-0.3, -0.25) is 4.79 Å². The fourth-order valence-electron chi connectivity index (χ4n) is 1.34. The lowest BCUT2D eigenvalue weighted by atomic mass is 10.2. The molecule has 0 radical (unpaired) electrons. The van der Waals surface area contributed by atoms with Crippen molar-refractivity contribution in [3.63, 3.8) is 0 Å². The number of hydrogen-bond acceptors (Lipinski definition) is 3. The number of nitrogens with zero attached hydrogens (tertiary/aromatic N) is 1. The molecule has 1 amide bonds. The molecule has 0 atom stereocenters. The Morgan fingerprint density at radius 3 is 2.82 bits per heavy atom. The number of ether oxygens (including phenoxy) is 1. The highest BCUT2D eigenvalue weighted by atomic mass is 35.5. The molecule has 0 aliphatic carbocycles. The Balaban J connectivity index is 2.65. The number of halogens is 1. The highest BCUT2D eigenvalue weighted by Gasteiger charge is 2.12. The maximum absolute atomic E-state index is 12.0. The third kappa shape index (κ3) is 3.91. The molecule has 0 spiro atoms. The minimum absolute atomic E-state index is 0.0898. The van der Waals surface area contributed by atoms with Crippen molar-refractivity contribution in [2.75, 3.05) is 32.5 Å². The van der Waals surface area contributed by atoms with Crippen LogP contribution in [0.3, 0.4) is 0 Å². The molecule has 0 fully saturated rings. The van der Waals surface area contributed by atoms with Gasteiger partial charge in [0.15, 0.2) is 0 Å². The van der Waals surface area contributed by atoms with Crippen molar-refractivity contribution >= 4 is 23.2 Å². The number of likely N-dealkylation sites (N-methyl/N-ethyl adjacent to an activating group) is 1. The van der Waals surface area contributed by atoms with E-state index in [4.69, 9.17) is 22.1 Å². The normalized spacial score (nSPS) is 10.3. The highest BCUT2D eigenvalue weighted by Crippen LogP contribution is 2.20. The first-order chi connectivity index (χ1) is 8.06. The maximum Gasteiger partial charge on any atom is 0.253 e. The summed E-state index contributed by atoms with van der Waals surface area (Å²) in [4.78, 5) is 13.6. The number of anilines is 1. The molecular weight excluding hydrogens is 240 g/mol. The molecule has 5 heteroatoms. The van der Waals surface area contributed by atoms with Crippen molar-refractivity contribution < 1.29 is 9.53 Å². The zero-order valence-electron chi connectivity index (χ0n) is 10.1. The predicted molar refractivity (Wildman–Crippen MR) is 69.3 cm³/mol. The number of amides is 1. The monoisotopic (exact) mass is 256 g/mol. The van der Waals surface area contributed by atoms with E-state index in [2.05, 4.69) is 0 Å². The number of hydrogen-bond donors (Lipinski definition) is 1. The number of carbonyl (C=O) groups is 1. The van der Waals surface area contributed by atoms with Crippen LogP contribution in [0.1, 0.15) is 17.3 Å². The second-order valence-corrected chi connectivity index (χ2v) is 4.07. The summed E-state index contributed by atoms with van der Waals surface area (Å²) in [5.74, 6) is -0.0898. The van der Waals surface area contributed by atoms with Crippen LogP contribution in [-0.2, 0) is 4.74 Å². The van der Waals surface area contributed by atoms with E-state index in [1.165, 1.54) is 0 Å². The van der Waals surface area contributed by atoms with Gasteiger partial charge in [-0.1, -0.05) is 11.6 Å². The van der Waals surface area contributed by atoms with Gasteiger partial charge in [0.2, 0.25) is 0 Å². The van der Waals surface area contributed by atoms with Gasteiger partial charge in [-0.05, 0) is 25.1 Å². The first-order valence-corrected chi connectivity index (χ1v) is 5.82. The van der Waals surface area contributed by atoms with Crippen LogP contribution < -0.4 is 5.73 Å². The molecule has 0 aromatic heterocycles. The van der Waals surface area contributed by atoms with Gasteiger partial charge < -0.3 is 15.4 Å². The zero-order chi connectivity index (χ0) is 12.8. The van der Waals surface area contributed by atoms with Gasteiger partial charge in [-0.15, -0.1) is 0 Å². The predicted octanol–water partition coefficient (Wildman–Crippen LogP) is 2.03. The highest BCUT2D eigenvalue weighted by molar-refractivity contribution is 6.33. The van der Waals surface area contributed by atoms with Crippen molar-refractivity contribution in [3.8, 4) is 0 Å². The molecule has 4 nitrogen and oxygen atoms in total.